The van der Waals surface area contributed by atoms with E-state index in [1.807, 2.05) is 54.6 Å². The molecule has 0 aliphatic heterocycles. The summed E-state index contributed by atoms with van der Waals surface area (Å²) in [6.45, 7) is 4.53. The first-order valence-corrected chi connectivity index (χ1v) is 11.3. The van der Waals surface area contributed by atoms with E-state index in [2.05, 4.69) is 19.2 Å². The van der Waals surface area contributed by atoms with Gasteiger partial charge in [0.15, 0.2) is 0 Å². The number of fused-ring (bicyclic) bond motifs is 1. The average Bonchev–Trinajstić information content (AvgIpc) is 2.72. The summed E-state index contributed by atoms with van der Waals surface area (Å²) < 4.78 is 0. The van der Waals surface area contributed by atoms with Crippen LogP contribution in [-0.4, -0.2) is 16.9 Å². The summed E-state index contributed by atoms with van der Waals surface area (Å²) in [7, 11) is 0. The Bertz CT molecular complexity index is 1020. The van der Waals surface area contributed by atoms with Crippen molar-refractivity contribution in [2.45, 2.75) is 49.1 Å². The Morgan fingerprint density at radius 1 is 1.10 bits per heavy atom. The minimum Gasteiger partial charge on any atom is -0.349 e. The number of amides is 1. The third-order valence-corrected chi connectivity index (χ3v) is 7.17. The van der Waals surface area contributed by atoms with Gasteiger partial charge in [-0.15, -0.1) is 0 Å². The van der Waals surface area contributed by atoms with Crippen LogP contribution < -0.4 is 5.32 Å². The Morgan fingerprint density at radius 2 is 1.86 bits per heavy atom. The highest BCUT2D eigenvalue weighted by molar-refractivity contribution is 7.99. The Labute approximate surface area is 181 Å². The molecule has 150 valence electrons. The van der Waals surface area contributed by atoms with Crippen molar-refractivity contribution >= 4 is 40.2 Å². The van der Waals surface area contributed by atoms with Crippen LogP contribution in [0, 0.1) is 11.8 Å². The number of para-hydroxylation sites is 1. The van der Waals surface area contributed by atoms with Gasteiger partial charge in [-0.05, 0) is 54.7 Å². The van der Waals surface area contributed by atoms with Gasteiger partial charge in [-0.1, -0.05) is 68.3 Å². The summed E-state index contributed by atoms with van der Waals surface area (Å²) in [6.07, 6.45) is 3.46. The summed E-state index contributed by atoms with van der Waals surface area (Å²) in [4.78, 5) is 19.1. The number of halogens is 1. The number of nitrogens with zero attached hydrogens (tertiary/aromatic N) is 1. The zero-order valence-electron chi connectivity index (χ0n) is 16.7. The number of rotatable bonds is 4. The fourth-order valence-electron chi connectivity index (χ4n) is 4.05. The second-order valence-electron chi connectivity index (χ2n) is 7.93. The van der Waals surface area contributed by atoms with Crippen LogP contribution in [0.3, 0.4) is 0 Å². The van der Waals surface area contributed by atoms with Crippen molar-refractivity contribution in [3.63, 3.8) is 0 Å². The first-order valence-electron chi connectivity index (χ1n) is 10.2. The van der Waals surface area contributed by atoms with E-state index >= 15 is 0 Å². The maximum absolute atomic E-state index is 13.3. The topological polar surface area (TPSA) is 42.0 Å². The van der Waals surface area contributed by atoms with Gasteiger partial charge in [0.25, 0.3) is 5.91 Å². The van der Waals surface area contributed by atoms with Gasteiger partial charge < -0.3 is 5.32 Å². The number of hydrogen-bond acceptors (Lipinski definition) is 3. The van der Waals surface area contributed by atoms with Gasteiger partial charge >= 0.3 is 0 Å². The SMILES string of the molecule is C[C@H]1[C@H](C)CCC[C@H]1NC(=O)c1cc(Sc2ccc(Cl)cc2)nc2ccccc12. The highest BCUT2D eigenvalue weighted by atomic mass is 35.5. The number of nitrogens with one attached hydrogen (secondary N) is 1. The molecular weight excluding hydrogens is 400 g/mol. The number of pyridine rings is 1. The van der Waals surface area contributed by atoms with Crippen molar-refractivity contribution in [3.05, 3.63) is 65.2 Å². The van der Waals surface area contributed by atoms with Gasteiger partial charge in [0, 0.05) is 21.3 Å². The second kappa shape index (κ2) is 8.76. The van der Waals surface area contributed by atoms with Gasteiger partial charge in [0.2, 0.25) is 0 Å². The zero-order chi connectivity index (χ0) is 20.4. The van der Waals surface area contributed by atoms with Crippen LogP contribution in [0.25, 0.3) is 10.9 Å². The molecule has 3 aromatic rings. The van der Waals surface area contributed by atoms with Crippen LogP contribution in [-0.2, 0) is 0 Å². The number of benzene rings is 2. The van der Waals surface area contributed by atoms with Crippen LogP contribution >= 0.6 is 23.4 Å². The maximum atomic E-state index is 13.3. The molecule has 1 aliphatic rings. The third-order valence-electron chi connectivity index (χ3n) is 6.00. The van der Waals surface area contributed by atoms with Crippen molar-refractivity contribution in [2.75, 3.05) is 0 Å². The number of hydrogen-bond donors (Lipinski definition) is 1. The molecule has 1 saturated carbocycles. The van der Waals surface area contributed by atoms with E-state index in [1.54, 1.807) is 0 Å². The first kappa shape index (κ1) is 20.2. The zero-order valence-corrected chi connectivity index (χ0v) is 18.3. The molecule has 3 atom stereocenters. The lowest BCUT2D eigenvalue weighted by Crippen LogP contribution is -2.43. The normalized spacial score (nSPS) is 21.8. The average molecular weight is 425 g/mol. The van der Waals surface area contributed by atoms with E-state index in [1.165, 1.54) is 24.6 Å². The minimum atomic E-state index is -0.00694. The summed E-state index contributed by atoms with van der Waals surface area (Å²) in [6, 6.07) is 17.7. The molecule has 0 saturated heterocycles. The maximum Gasteiger partial charge on any atom is 0.252 e. The predicted molar refractivity (Wildman–Crippen MR) is 121 cm³/mol. The highest BCUT2D eigenvalue weighted by Crippen LogP contribution is 2.32. The monoisotopic (exact) mass is 424 g/mol. The molecule has 5 heteroatoms. The number of carbonyl (C=O) groups is 1. The summed E-state index contributed by atoms with van der Waals surface area (Å²) in [5, 5.41) is 5.72. The van der Waals surface area contributed by atoms with Gasteiger partial charge in [-0.25, -0.2) is 4.98 Å². The van der Waals surface area contributed by atoms with Crippen LogP contribution in [0.2, 0.25) is 5.02 Å². The van der Waals surface area contributed by atoms with Crippen molar-refractivity contribution in [3.8, 4) is 0 Å². The molecule has 3 nitrogen and oxygen atoms in total. The van der Waals surface area contributed by atoms with Gasteiger partial charge in [0.1, 0.15) is 5.03 Å². The molecule has 29 heavy (non-hydrogen) atoms. The van der Waals surface area contributed by atoms with Gasteiger partial charge in [0.05, 0.1) is 11.1 Å². The highest BCUT2D eigenvalue weighted by Gasteiger charge is 2.29. The molecule has 0 spiro atoms. The molecule has 2 aromatic carbocycles. The molecule has 1 aromatic heterocycles. The van der Waals surface area contributed by atoms with E-state index in [-0.39, 0.29) is 11.9 Å². The molecule has 1 heterocycles. The van der Waals surface area contributed by atoms with E-state index in [0.29, 0.717) is 22.4 Å². The molecule has 1 fully saturated rings. The van der Waals surface area contributed by atoms with Crippen LogP contribution in [0.5, 0.6) is 0 Å². The van der Waals surface area contributed by atoms with Crippen LogP contribution in [0.1, 0.15) is 43.5 Å². The molecule has 1 amide bonds. The van der Waals surface area contributed by atoms with E-state index < -0.39 is 0 Å². The number of carbonyl (C=O) groups excluding carboxylic acids is 1. The Balaban J connectivity index is 1.65. The lowest BCUT2D eigenvalue weighted by Gasteiger charge is -2.34. The molecule has 1 N–H and O–H groups in total. The van der Waals surface area contributed by atoms with Crippen LogP contribution in [0.4, 0.5) is 0 Å². The molecular formula is C24H25ClN2OS. The van der Waals surface area contributed by atoms with Gasteiger partial charge in [-0.2, -0.15) is 0 Å². The fourth-order valence-corrected chi connectivity index (χ4v) is 5.01. The van der Waals surface area contributed by atoms with Crippen LogP contribution in [0.15, 0.2) is 64.5 Å². The van der Waals surface area contributed by atoms with Crippen molar-refractivity contribution in [2.24, 2.45) is 11.8 Å². The predicted octanol–water partition coefficient (Wildman–Crippen LogP) is 6.59. The molecule has 0 unspecified atom stereocenters. The Hall–Kier alpha value is -2.04. The van der Waals surface area contributed by atoms with E-state index in [4.69, 9.17) is 16.6 Å². The lowest BCUT2D eigenvalue weighted by atomic mass is 9.78. The first-order chi connectivity index (χ1) is 14.0. The summed E-state index contributed by atoms with van der Waals surface area (Å²) >= 11 is 7.54. The molecule has 1 aliphatic carbocycles. The van der Waals surface area contributed by atoms with Gasteiger partial charge in [-0.3, -0.25) is 4.79 Å². The Morgan fingerprint density at radius 3 is 2.66 bits per heavy atom. The second-order valence-corrected chi connectivity index (χ2v) is 9.46. The smallest absolute Gasteiger partial charge is 0.252 e. The molecule has 0 bridgehead atoms. The largest absolute Gasteiger partial charge is 0.349 e. The van der Waals surface area contributed by atoms with E-state index in [9.17, 15) is 4.79 Å². The minimum absolute atomic E-state index is 0.00694. The summed E-state index contributed by atoms with van der Waals surface area (Å²) in [5.74, 6) is 1.12. The van der Waals surface area contributed by atoms with Crippen molar-refractivity contribution in [1.82, 2.24) is 10.3 Å². The quantitative estimate of drug-likeness (QED) is 0.513. The van der Waals surface area contributed by atoms with Crippen molar-refractivity contribution in [1.29, 1.82) is 0 Å². The molecule has 4 rings (SSSR count). The van der Waals surface area contributed by atoms with Crippen molar-refractivity contribution < 1.29 is 4.79 Å². The van der Waals surface area contributed by atoms with E-state index in [0.717, 1.165) is 27.2 Å². The Kier molecular flexibility index (Phi) is 6.12. The standard InChI is InChI=1S/C24H25ClN2OS/c1-15-6-5-9-21(16(15)2)27-24(28)20-14-23(26-22-8-4-3-7-19(20)22)29-18-12-10-17(25)11-13-18/h3-4,7-8,10-16,21H,5-6,9H2,1-2H3,(H,27,28)/t15-,16+,21-/m1/s1. The fraction of sp³-hybridized carbons (Fsp3) is 0.333. The summed E-state index contributed by atoms with van der Waals surface area (Å²) in [5.41, 5.74) is 1.53. The lowest BCUT2D eigenvalue weighted by molar-refractivity contribution is 0.0892. The molecule has 0 radical (unpaired) electrons. The third kappa shape index (κ3) is 4.59. The number of aromatic nitrogens is 1.